The van der Waals surface area contributed by atoms with Crippen LogP contribution in [0.15, 0.2) is 41.3 Å². The van der Waals surface area contributed by atoms with Crippen LogP contribution in [-0.4, -0.2) is 38.6 Å². The van der Waals surface area contributed by atoms with Crippen LogP contribution in [0, 0.1) is 18.6 Å². The molecular formula is C20H22F2N2O3S. The van der Waals surface area contributed by atoms with E-state index in [-0.39, 0.29) is 10.9 Å². The maximum absolute atomic E-state index is 13.5. The van der Waals surface area contributed by atoms with E-state index in [4.69, 9.17) is 4.74 Å². The summed E-state index contributed by atoms with van der Waals surface area (Å²) in [4.78, 5) is 1.98. The van der Waals surface area contributed by atoms with Crippen molar-refractivity contribution in [2.45, 2.75) is 37.3 Å². The number of nitrogens with zero attached hydrogens (tertiary/aromatic N) is 2. The summed E-state index contributed by atoms with van der Waals surface area (Å²) in [5.41, 5.74) is 3.46. The number of rotatable bonds is 3. The van der Waals surface area contributed by atoms with Crippen molar-refractivity contribution in [3.63, 3.8) is 0 Å². The summed E-state index contributed by atoms with van der Waals surface area (Å²) < 4.78 is 59.2. The minimum Gasteiger partial charge on any atom is -0.356 e. The molecule has 0 atom stereocenters. The van der Waals surface area contributed by atoms with Gasteiger partial charge in [-0.15, -0.1) is 0 Å². The highest BCUT2D eigenvalue weighted by atomic mass is 32.2. The molecule has 2 aromatic rings. The Hall–Kier alpha value is -2.03. The first kappa shape index (κ1) is 19.3. The lowest BCUT2D eigenvalue weighted by Gasteiger charge is -2.41. The SMILES string of the molecule is Cc1ccc2c(c1)COCN2C1CCN(S(=O)(=O)c2ccc(F)c(F)c2)CC1. The van der Waals surface area contributed by atoms with Crippen molar-refractivity contribution in [1.82, 2.24) is 4.31 Å². The molecule has 2 heterocycles. The van der Waals surface area contributed by atoms with E-state index in [2.05, 4.69) is 23.1 Å². The zero-order chi connectivity index (χ0) is 19.9. The molecule has 0 aliphatic carbocycles. The van der Waals surface area contributed by atoms with E-state index in [1.165, 1.54) is 9.87 Å². The van der Waals surface area contributed by atoms with Gasteiger partial charge in [0, 0.05) is 30.4 Å². The maximum Gasteiger partial charge on any atom is 0.243 e. The number of benzene rings is 2. The van der Waals surface area contributed by atoms with Crippen LogP contribution in [0.3, 0.4) is 0 Å². The molecule has 4 rings (SSSR count). The molecular weight excluding hydrogens is 386 g/mol. The van der Waals surface area contributed by atoms with Gasteiger partial charge in [0.05, 0.1) is 11.5 Å². The normalized spacial score (nSPS) is 18.9. The van der Waals surface area contributed by atoms with E-state index in [9.17, 15) is 17.2 Å². The number of halogens is 2. The Morgan fingerprint density at radius 2 is 1.79 bits per heavy atom. The van der Waals surface area contributed by atoms with Crippen molar-refractivity contribution in [2.24, 2.45) is 0 Å². The highest BCUT2D eigenvalue weighted by Gasteiger charge is 2.33. The molecule has 1 saturated heterocycles. The van der Waals surface area contributed by atoms with E-state index in [0.717, 1.165) is 29.4 Å². The van der Waals surface area contributed by atoms with Gasteiger partial charge in [-0.25, -0.2) is 17.2 Å². The molecule has 150 valence electrons. The highest BCUT2D eigenvalue weighted by Crippen LogP contribution is 2.32. The quantitative estimate of drug-likeness (QED) is 0.781. The topological polar surface area (TPSA) is 49.9 Å². The van der Waals surface area contributed by atoms with Gasteiger partial charge in [-0.2, -0.15) is 4.31 Å². The third-order valence-electron chi connectivity index (χ3n) is 5.43. The molecule has 2 aliphatic heterocycles. The zero-order valence-corrected chi connectivity index (χ0v) is 16.4. The van der Waals surface area contributed by atoms with Crippen LogP contribution in [0.1, 0.15) is 24.0 Å². The second-order valence-corrected chi connectivity index (χ2v) is 9.23. The molecule has 28 heavy (non-hydrogen) atoms. The molecule has 5 nitrogen and oxygen atoms in total. The van der Waals surface area contributed by atoms with Crippen molar-refractivity contribution < 1.29 is 21.9 Å². The van der Waals surface area contributed by atoms with Gasteiger partial charge >= 0.3 is 0 Å². The number of aryl methyl sites for hydroxylation is 1. The Kier molecular flexibility index (Phi) is 5.11. The minimum absolute atomic E-state index is 0.165. The van der Waals surface area contributed by atoms with Gasteiger partial charge in [0.15, 0.2) is 11.6 Å². The molecule has 0 unspecified atom stereocenters. The van der Waals surface area contributed by atoms with Gasteiger partial charge in [0.2, 0.25) is 10.0 Å². The summed E-state index contributed by atoms with van der Waals surface area (Å²) >= 11 is 0. The Morgan fingerprint density at radius 1 is 1.04 bits per heavy atom. The first-order valence-electron chi connectivity index (χ1n) is 9.25. The average Bonchev–Trinajstić information content (AvgIpc) is 2.69. The number of anilines is 1. The van der Waals surface area contributed by atoms with Gasteiger partial charge in [-0.05, 0) is 44.0 Å². The van der Waals surface area contributed by atoms with Gasteiger partial charge in [0.25, 0.3) is 0 Å². The molecule has 0 spiro atoms. The predicted octanol–water partition coefficient (Wildman–Crippen LogP) is 3.42. The van der Waals surface area contributed by atoms with Crippen molar-refractivity contribution >= 4 is 15.7 Å². The van der Waals surface area contributed by atoms with Crippen molar-refractivity contribution in [2.75, 3.05) is 24.7 Å². The summed E-state index contributed by atoms with van der Waals surface area (Å²) in [5.74, 6) is -2.22. The van der Waals surface area contributed by atoms with E-state index in [1.54, 1.807) is 0 Å². The van der Waals surface area contributed by atoms with E-state index in [1.807, 2.05) is 6.92 Å². The van der Waals surface area contributed by atoms with E-state index < -0.39 is 21.7 Å². The van der Waals surface area contributed by atoms with Crippen molar-refractivity contribution in [3.8, 4) is 0 Å². The summed E-state index contributed by atoms with van der Waals surface area (Å²) in [7, 11) is -3.84. The first-order valence-corrected chi connectivity index (χ1v) is 10.7. The van der Waals surface area contributed by atoms with Crippen molar-refractivity contribution in [3.05, 3.63) is 59.2 Å². The fraction of sp³-hybridized carbons (Fsp3) is 0.400. The molecule has 8 heteroatoms. The fourth-order valence-corrected chi connectivity index (χ4v) is 5.40. The van der Waals surface area contributed by atoms with E-state index in [0.29, 0.717) is 39.3 Å². The highest BCUT2D eigenvalue weighted by molar-refractivity contribution is 7.89. The molecule has 0 saturated carbocycles. The number of piperidine rings is 1. The smallest absolute Gasteiger partial charge is 0.243 e. The minimum atomic E-state index is -3.84. The number of hydrogen-bond acceptors (Lipinski definition) is 4. The number of ether oxygens (including phenoxy) is 1. The molecule has 0 bridgehead atoms. The summed E-state index contributed by atoms with van der Waals surface area (Å²) in [6.45, 7) is 3.75. The average molecular weight is 408 g/mol. The van der Waals surface area contributed by atoms with E-state index >= 15 is 0 Å². The van der Waals surface area contributed by atoms with Crippen LogP contribution in [-0.2, 0) is 21.4 Å². The molecule has 0 amide bonds. The van der Waals surface area contributed by atoms with Crippen LogP contribution in [0.25, 0.3) is 0 Å². The molecule has 0 N–H and O–H groups in total. The predicted molar refractivity (Wildman–Crippen MR) is 101 cm³/mol. The monoisotopic (exact) mass is 408 g/mol. The number of hydrogen-bond donors (Lipinski definition) is 0. The summed E-state index contributed by atoms with van der Waals surface area (Å²) in [6, 6.07) is 9.14. The third kappa shape index (κ3) is 3.52. The Morgan fingerprint density at radius 3 is 2.50 bits per heavy atom. The maximum atomic E-state index is 13.5. The molecule has 0 aromatic heterocycles. The second kappa shape index (κ2) is 7.42. The summed E-state index contributed by atoms with van der Waals surface area (Å²) in [6.07, 6.45) is 1.28. The van der Waals surface area contributed by atoms with Crippen LogP contribution < -0.4 is 4.90 Å². The Labute approximate surface area is 163 Å². The lowest BCUT2D eigenvalue weighted by molar-refractivity contribution is 0.0987. The zero-order valence-electron chi connectivity index (χ0n) is 15.6. The van der Waals surface area contributed by atoms with Gasteiger partial charge in [-0.1, -0.05) is 17.7 Å². The lowest BCUT2D eigenvalue weighted by Crippen LogP contribution is -2.48. The Bertz CT molecular complexity index is 989. The van der Waals surface area contributed by atoms with Gasteiger partial charge < -0.3 is 9.64 Å². The van der Waals surface area contributed by atoms with Gasteiger partial charge in [0.1, 0.15) is 6.73 Å². The van der Waals surface area contributed by atoms with Crippen LogP contribution in [0.5, 0.6) is 0 Å². The Balaban J connectivity index is 1.49. The standard InChI is InChI=1S/C20H22F2N2O3S/c1-14-2-5-20-15(10-14)12-27-13-24(20)16-6-8-23(9-7-16)28(25,26)17-3-4-18(21)19(22)11-17/h2-5,10-11,16H,6-9,12-13H2,1H3. The first-order chi connectivity index (χ1) is 13.4. The fourth-order valence-electron chi connectivity index (χ4n) is 3.92. The molecule has 0 radical (unpaired) electrons. The largest absolute Gasteiger partial charge is 0.356 e. The lowest BCUT2D eigenvalue weighted by atomic mass is 10.0. The molecule has 2 aliphatic rings. The summed E-state index contributed by atoms with van der Waals surface area (Å²) in [5, 5.41) is 0. The molecule has 1 fully saturated rings. The third-order valence-corrected chi connectivity index (χ3v) is 7.32. The van der Waals surface area contributed by atoms with Crippen molar-refractivity contribution in [1.29, 1.82) is 0 Å². The van der Waals surface area contributed by atoms with Crippen LogP contribution in [0.4, 0.5) is 14.5 Å². The van der Waals surface area contributed by atoms with Crippen LogP contribution in [0.2, 0.25) is 0 Å². The van der Waals surface area contributed by atoms with Crippen LogP contribution >= 0.6 is 0 Å². The van der Waals surface area contributed by atoms with Gasteiger partial charge in [-0.3, -0.25) is 0 Å². The second-order valence-electron chi connectivity index (χ2n) is 7.29. The number of fused-ring (bicyclic) bond motifs is 1. The number of sulfonamides is 1. The molecule has 2 aromatic carbocycles.